The van der Waals surface area contributed by atoms with E-state index >= 15 is 0 Å². The second kappa shape index (κ2) is 8.73. The predicted octanol–water partition coefficient (Wildman–Crippen LogP) is 2.23. The zero-order valence-corrected chi connectivity index (χ0v) is 14.2. The van der Waals surface area contributed by atoms with E-state index in [2.05, 4.69) is 5.32 Å². The van der Waals surface area contributed by atoms with Gasteiger partial charge < -0.3 is 19.9 Å². The van der Waals surface area contributed by atoms with Crippen LogP contribution in [0.25, 0.3) is 0 Å². The Bertz CT molecular complexity index is 708. The van der Waals surface area contributed by atoms with E-state index in [4.69, 9.17) is 9.47 Å². The number of carbonyl (C=O) groups excluding carboxylic acids is 1. The highest BCUT2D eigenvalue weighted by Gasteiger charge is 2.21. The maximum atomic E-state index is 12.3. The lowest BCUT2D eigenvalue weighted by atomic mass is 9.99. The summed E-state index contributed by atoms with van der Waals surface area (Å²) >= 11 is 0. The third-order valence-corrected chi connectivity index (χ3v) is 3.87. The van der Waals surface area contributed by atoms with Crippen molar-refractivity contribution in [1.82, 2.24) is 5.32 Å². The fourth-order valence-electron chi connectivity index (χ4n) is 2.57. The van der Waals surface area contributed by atoms with Crippen LogP contribution in [0, 0.1) is 0 Å². The number of carboxylic acid groups (broad SMARTS) is 1. The minimum Gasteiger partial charge on any atom is -0.496 e. The molecule has 0 aliphatic rings. The van der Waals surface area contributed by atoms with Gasteiger partial charge in [-0.25, -0.2) is 0 Å². The maximum Gasteiger partial charge on any atom is 0.312 e. The van der Waals surface area contributed by atoms with Crippen LogP contribution in [0.2, 0.25) is 0 Å². The van der Waals surface area contributed by atoms with Crippen molar-refractivity contribution in [2.24, 2.45) is 0 Å². The van der Waals surface area contributed by atoms with Gasteiger partial charge >= 0.3 is 5.97 Å². The van der Waals surface area contributed by atoms with E-state index in [9.17, 15) is 14.7 Å². The summed E-state index contributed by atoms with van der Waals surface area (Å²) in [5.74, 6) is -0.990. The van der Waals surface area contributed by atoms with Crippen molar-refractivity contribution in [2.75, 3.05) is 20.8 Å². The topological polar surface area (TPSA) is 84.9 Å². The molecule has 132 valence electrons. The highest BCUT2D eigenvalue weighted by Crippen LogP contribution is 2.28. The number of methoxy groups -OCH3 is 2. The molecule has 0 fully saturated rings. The molecular weight excluding hydrogens is 322 g/mol. The SMILES string of the molecule is COc1cccc(OC)c1CC(=O)NCC(C(=O)O)c1ccccc1. The van der Waals surface area contributed by atoms with Crippen molar-refractivity contribution in [3.63, 3.8) is 0 Å². The third kappa shape index (κ3) is 4.73. The zero-order valence-electron chi connectivity index (χ0n) is 14.2. The molecular formula is C19H21NO5. The molecule has 2 rings (SSSR count). The van der Waals surface area contributed by atoms with Crippen LogP contribution in [-0.2, 0) is 16.0 Å². The molecule has 0 aliphatic heterocycles. The second-order valence-electron chi connectivity index (χ2n) is 5.42. The van der Waals surface area contributed by atoms with Crippen LogP contribution in [0.4, 0.5) is 0 Å². The van der Waals surface area contributed by atoms with E-state index in [0.717, 1.165) is 0 Å². The Kier molecular flexibility index (Phi) is 6.39. The number of carboxylic acids is 1. The molecule has 1 atom stereocenters. The highest BCUT2D eigenvalue weighted by molar-refractivity contribution is 5.82. The van der Waals surface area contributed by atoms with Crippen LogP contribution in [0.3, 0.4) is 0 Å². The van der Waals surface area contributed by atoms with Crippen LogP contribution in [0.15, 0.2) is 48.5 Å². The number of amides is 1. The second-order valence-corrected chi connectivity index (χ2v) is 5.42. The van der Waals surface area contributed by atoms with Gasteiger partial charge in [0.1, 0.15) is 11.5 Å². The summed E-state index contributed by atoms with van der Waals surface area (Å²) in [6.07, 6.45) is 0.0360. The number of aliphatic carboxylic acids is 1. The van der Waals surface area contributed by atoms with Crippen molar-refractivity contribution in [1.29, 1.82) is 0 Å². The Balaban J connectivity index is 2.06. The van der Waals surface area contributed by atoms with Crippen LogP contribution >= 0.6 is 0 Å². The van der Waals surface area contributed by atoms with Crippen molar-refractivity contribution in [3.8, 4) is 11.5 Å². The molecule has 0 saturated heterocycles. The number of rotatable bonds is 8. The first-order valence-corrected chi connectivity index (χ1v) is 7.81. The van der Waals surface area contributed by atoms with Gasteiger partial charge in [0.05, 0.1) is 26.6 Å². The molecule has 0 saturated carbocycles. The number of benzene rings is 2. The summed E-state index contributed by atoms with van der Waals surface area (Å²) in [6, 6.07) is 14.1. The van der Waals surface area contributed by atoms with E-state index in [1.807, 2.05) is 6.07 Å². The van der Waals surface area contributed by atoms with Crippen LogP contribution < -0.4 is 14.8 Å². The van der Waals surface area contributed by atoms with Crippen LogP contribution in [0.5, 0.6) is 11.5 Å². The Hall–Kier alpha value is -3.02. The molecule has 6 nitrogen and oxygen atoms in total. The Morgan fingerprint density at radius 2 is 1.60 bits per heavy atom. The van der Waals surface area contributed by atoms with Gasteiger partial charge in [0, 0.05) is 12.1 Å². The number of ether oxygens (including phenoxy) is 2. The van der Waals surface area contributed by atoms with E-state index in [0.29, 0.717) is 22.6 Å². The first kappa shape index (κ1) is 18.3. The molecule has 0 bridgehead atoms. The normalized spacial score (nSPS) is 11.4. The Morgan fingerprint density at radius 1 is 1.00 bits per heavy atom. The Morgan fingerprint density at radius 3 is 2.12 bits per heavy atom. The largest absolute Gasteiger partial charge is 0.496 e. The summed E-state index contributed by atoms with van der Waals surface area (Å²) in [5, 5.41) is 12.1. The summed E-state index contributed by atoms with van der Waals surface area (Å²) in [5.41, 5.74) is 1.27. The summed E-state index contributed by atoms with van der Waals surface area (Å²) in [6.45, 7) is 0.00957. The van der Waals surface area contributed by atoms with E-state index < -0.39 is 11.9 Å². The van der Waals surface area contributed by atoms with Gasteiger partial charge in [-0.1, -0.05) is 36.4 Å². The molecule has 0 heterocycles. The lowest BCUT2D eigenvalue weighted by Gasteiger charge is -2.15. The monoisotopic (exact) mass is 343 g/mol. The number of carbonyl (C=O) groups is 2. The number of hydrogen-bond acceptors (Lipinski definition) is 4. The molecule has 2 N–H and O–H groups in total. The molecule has 0 aromatic heterocycles. The molecule has 0 aliphatic carbocycles. The van der Waals surface area contributed by atoms with Gasteiger partial charge in [-0.3, -0.25) is 9.59 Å². The standard InChI is InChI=1S/C19H21NO5/c1-24-16-9-6-10-17(25-2)14(16)11-18(21)20-12-15(19(22)23)13-7-4-3-5-8-13/h3-10,15H,11-12H2,1-2H3,(H,20,21)(H,22,23). The third-order valence-electron chi connectivity index (χ3n) is 3.87. The number of hydrogen-bond donors (Lipinski definition) is 2. The van der Waals surface area contributed by atoms with Gasteiger partial charge in [0.15, 0.2) is 0 Å². The predicted molar refractivity (Wildman–Crippen MR) is 93.1 cm³/mol. The average Bonchev–Trinajstić information content (AvgIpc) is 2.62. The molecule has 1 unspecified atom stereocenters. The molecule has 6 heteroatoms. The minimum absolute atomic E-state index is 0.00957. The molecule has 2 aromatic rings. The lowest BCUT2D eigenvalue weighted by molar-refractivity contribution is -0.138. The smallest absolute Gasteiger partial charge is 0.312 e. The fourth-order valence-corrected chi connectivity index (χ4v) is 2.57. The van der Waals surface area contributed by atoms with Crippen molar-refractivity contribution in [3.05, 3.63) is 59.7 Å². The van der Waals surface area contributed by atoms with E-state index in [-0.39, 0.29) is 18.9 Å². The fraction of sp³-hybridized carbons (Fsp3) is 0.263. The molecule has 1 amide bonds. The quantitative estimate of drug-likeness (QED) is 0.768. The molecule has 0 radical (unpaired) electrons. The summed E-state index contributed by atoms with van der Waals surface area (Å²) in [4.78, 5) is 23.8. The minimum atomic E-state index is -0.985. The van der Waals surface area contributed by atoms with Gasteiger partial charge in [-0.2, -0.15) is 0 Å². The summed E-state index contributed by atoms with van der Waals surface area (Å²) in [7, 11) is 3.04. The first-order valence-electron chi connectivity index (χ1n) is 7.81. The molecule has 0 spiro atoms. The maximum absolute atomic E-state index is 12.3. The van der Waals surface area contributed by atoms with Crippen LogP contribution in [-0.4, -0.2) is 37.7 Å². The first-order chi connectivity index (χ1) is 12.1. The van der Waals surface area contributed by atoms with Gasteiger partial charge in [0.2, 0.25) is 5.91 Å². The van der Waals surface area contributed by atoms with Gasteiger partial charge in [0.25, 0.3) is 0 Å². The number of nitrogens with one attached hydrogen (secondary N) is 1. The summed E-state index contributed by atoms with van der Waals surface area (Å²) < 4.78 is 10.5. The molecule has 2 aromatic carbocycles. The zero-order chi connectivity index (χ0) is 18.2. The van der Waals surface area contributed by atoms with Crippen molar-refractivity contribution in [2.45, 2.75) is 12.3 Å². The van der Waals surface area contributed by atoms with E-state index in [1.165, 1.54) is 14.2 Å². The highest BCUT2D eigenvalue weighted by atomic mass is 16.5. The molecule has 25 heavy (non-hydrogen) atoms. The lowest BCUT2D eigenvalue weighted by Crippen LogP contribution is -2.32. The van der Waals surface area contributed by atoms with Crippen molar-refractivity contribution >= 4 is 11.9 Å². The van der Waals surface area contributed by atoms with Crippen molar-refractivity contribution < 1.29 is 24.2 Å². The van der Waals surface area contributed by atoms with Gasteiger partial charge in [-0.05, 0) is 17.7 Å². The van der Waals surface area contributed by atoms with Gasteiger partial charge in [-0.15, -0.1) is 0 Å². The average molecular weight is 343 g/mol. The van der Waals surface area contributed by atoms with E-state index in [1.54, 1.807) is 42.5 Å². The Labute approximate surface area is 146 Å². The van der Waals surface area contributed by atoms with Crippen LogP contribution in [0.1, 0.15) is 17.0 Å².